The molecule has 1 N–H and O–H groups in total. The normalized spacial score (nSPS) is 10.6. The molecule has 136 valence electrons. The zero-order valence-corrected chi connectivity index (χ0v) is 16.7. The third-order valence-corrected chi connectivity index (χ3v) is 4.32. The number of hydrogen-bond donors (Lipinski definition) is 1. The van der Waals surface area contributed by atoms with Gasteiger partial charge in [0.1, 0.15) is 19.0 Å². The predicted octanol–water partition coefficient (Wildman–Crippen LogP) is 4.59. The Kier molecular flexibility index (Phi) is 8.09. The molecule has 2 rings (SSSR count). The van der Waals surface area contributed by atoms with Crippen LogP contribution in [0.1, 0.15) is 24.5 Å². The topological polar surface area (TPSA) is 39.7 Å². The molecule has 0 fully saturated rings. The summed E-state index contributed by atoms with van der Waals surface area (Å²) in [7, 11) is 3.56. The Bertz CT molecular complexity index is 659. The van der Waals surface area contributed by atoms with Crippen LogP contribution in [0.3, 0.4) is 0 Å². The molecule has 0 aliphatic rings. The van der Waals surface area contributed by atoms with Gasteiger partial charge in [-0.2, -0.15) is 0 Å². The fraction of sp³-hybridized carbons (Fsp3) is 0.400. The minimum Gasteiger partial charge on any atom is -0.493 e. The molecule has 0 heterocycles. The number of rotatable bonds is 10. The van der Waals surface area contributed by atoms with Gasteiger partial charge >= 0.3 is 0 Å². The van der Waals surface area contributed by atoms with Gasteiger partial charge in [-0.15, -0.1) is 0 Å². The standard InChI is InChI=1S/C20H26BrNO3/c1-4-5-15-6-8-17(9-7-15)24-10-11-25-20-18(21)12-16(14-22-2)13-19(20)23-3/h6-9,12-13,22H,4-5,10-11,14H2,1-3H3. The number of aryl methyl sites for hydroxylation is 1. The van der Waals surface area contributed by atoms with Crippen molar-refractivity contribution in [2.75, 3.05) is 27.4 Å². The maximum Gasteiger partial charge on any atom is 0.175 e. The molecule has 0 saturated carbocycles. The van der Waals surface area contributed by atoms with Gasteiger partial charge in [0, 0.05) is 6.54 Å². The highest BCUT2D eigenvalue weighted by atomic mass is 79.9. The van der Waals surface area contributed by atoms with E-state index < -0.39 is 0 Å². The highest BCUT2D eigenvalue weighted by Gasteiger charge is 2.11. The molecule has 0 unspecified atom stereocenters. The average molecular weight is 408 g/mol. The summed E-state index contributed by atoms with van der Waals surface area (Å²) in [6.07, 6.45) is 2.25. The van der Waals surface area contributed by atoms with Gasteiger partial charge < -0.3 is 19.5 Å². The summed E-state index contributed by atoms with van der Waals surface area (Å²) >= 11 is 3.55. The SMILES string of the molecule is CCCc1ccc(OCCOc2c(Br)cc(CNC)cc2OC)cc1. The molecule has 25 heavy (non-hydrogen) atoms. The van der Waals surface area contributed by atoms with Crippen molar-refractivity contribution in [3.8, 4) is 17.2 Å². The summed E-state index contributed by atoms with van der Waals surface area (Å²) in [5, 5.41) is 3.13. The molecule has 0 aromatic heterocycles. The lowest BCUT2D eigenvalue weighted by Crippen LogP contribution is -2.11. The van der Waals surface area contributed by atoms with Crippen LogP contribution >= 0.6 is 15.9 Å². The molecule has 2 aromatic carbocycles. The Morgan fingerprint density at radius 1 is 1.00 bits per heavy atom. The van der Waals surface area contributed by atoms with Crippen LogP contribution in [0.5, 0.6) is 17.2 Å². The van der Waals surface area contributed by atoms with Crippen LogP contribution in [0.25, 0.3) is 0 Å². The molecule has 0 spiro atoms. The molecule has 0 saturated heterocycles. The lowest BCUT2D eigenvalue weighted by molar-refractivity contribution is 0.210. The second kappa shape index (κ2) is 10.3. The monoisotopic (exact) mass is 407 g/mol. The Balaban J connectivity index is 1.88. The number of ether oxygens (including phenoxy) is 3. The molecular weight excluding hydrogens is 382 g/mol. The average Bonchev–Trinajstić information content (AvgIpc) is 2.61. The van der Waals surface area contributed by atoms with Crippen molar-refractivity contribution in [1.29, 1.82) is 0 Å². The van der Waals surface area contributed by atoms with Gasteiger partial charge in [-0.1, -0.05) is 25.5 Å². The predicted molar refractivity (Wildman–Crippen MR) is 105 cm³/mol. The van der Waals surface area contributed by atoms with E-state index in [0.29, 0.717) is 24.7 Å². The van der Waals surface area contributed by atoms with Crippen LogP contribution in [-0.2, 0) is 13.0 Å². The van der Waals surface area contributed by atoms with Crippen LogP contribution in [-0.4, -0.2) is 27.4 Å². The first-order valence-electron chi connectivity index (χ1n) is 8.53. The summed E-state index contributed by atoms with van der Waals surface area (Å²) in [5.74, 6) is 2.27. The maximum atomic E-state index is 5.86. The number of benzene rings is 2. The van der Waals surface area contributed by atoms with Crippen LogP contribution in [0.4, 0.5) is 0 Å². The van der Waals surface area contributed by atoms with E-state index in [-0.39, 0.29) is 0 Å². The molecule has 2 aromatic rings. The summed E-state index contributed by atoms with van der Waals surface area (Å²) in [6.45, 7) is 3.86. The van der Waals surface area contributed by atoms with Crippen molar-refractivity contribution >= 4 is 15.9 Å². The van der Waals surface area contributed by atoms with Crippen LogP contribution < -0.4 is 19.5 Å². The second-order valence-electron chi connectivity index (χ2n) is 5.73. The van der Waals surface area contributed by atoms with E-state index >= 15 is 0 Å². The first kappa shape index (κ1) is 19.6. The van der Waals surface area contributed by atoms with Crippen LogP contribution in [0.15, 0.2) is 40.9 Å². The van der Waals surface area contributed by atoms with Crippen molar-refractivity contribution < 1.29 is 14.2 Å². The molecule has 0 aliphatic heterocycles. The van der Waals surface area contributed by atoms with E-state index in [1.807, 2.05) is 31.3 Å². The van der Waals surface area contributed by atoms with E-state index in [2.05, 4.69) is 40.3 Å². The lowest BCUT2D eigenvalue weighted by Gasteiger charge is -2.15. The van der Waals surface area contributed by atoms with E-state index in [1.165, 1.54) is 5.56 Å². The zero-order valence-electron chi connectivity index (χ0n) is 15.1. The fourth-order valence-corrected chi connectivity index (χ4v) is 3.17. The maximum absolute atomic E-state index is 5.86. The van der Waals surface area contributed by atoms with Gasteiger partial charge in [0.05, 0.1) is 11.6 Å². The van der Waals surface area contributed by atoms with Crippen LogP contribution in [0, 0.1) is 0 Å². The van der Waals surface area contributed by atoms with Crippen molar-refractivity contribution in [3.63, 3.8) is 0 Å². The highest BCUT2D eigenvalue weighted by Crippen LogP contribution is 2.36. The highest BCUT2D eigenvalue weighted by molar-refractivity contribution is 9.10. The summed E-state index contributed by atoms with van der Waals surface area (Å²) in [4.78, 5) is 0. The lowest BCUT2D eigenvalue weighted by atomic mass is 10.1. The first-order valence-corrected chi connectivity index (χ1v) is 9.32. The van der Waals surface area contributed by atoms with Crippen LogP contribution in [0.2, 0.25) is 0 Å². The summed E-state index contributed by atoms with van der Waals surface area (Å²) < 4.78 is 17.9. The largest absolute Gasteiger partial charge is 0.493 e. The van der Waals surface area contributed by atoms with Gasteiger partial charge in [-0.05, 0) is 64.8 Å². The molecular formula is C20H26BrNO3. The van der Waals surface area contributed by atoms with Crippen molar-refractivity contribution in [2.24, 2.45) is 0 Å². The van der Waals surface area contributed by atoms with Crippen molar-refractivity contribution in [3.05, 3.63) is 52.0 Å². The van der Waals surface area contributed by atoms with E-state index in [1.54, 1.807) is 7.11 Å². The van der Waals surface area contributed by atoms with E-state index in [0.717, 1.165) is 35.2 Å². The fourth-order valence-electron chi connectivity index (χ4n) is 2.56. The molecule has 0 atom stereocenters. The van der Waals surface area contributed by atoms with Crippen molar-refractivity contribution in [2.45, 2.75) is 26.3 Å². The summed E-state index contributed by atoms with van der Waals surface area (Å²) in [5.41, 5.74) is 2.46. The zero-order chi connectivity index (χ0) is 18.1. The molecule has 4 nitrogen and oxygen atoms in total. The first-order chi connectivity index (χ1) is 12.2. The molecule has 0 radical (unpaired) electrons. The molecule has 0 amide bonds. The Hall–Kier alpha value is -1.72. The Morgan fingerprint density at radius 2 is 1.72 bits per heavy atom. The molecule has 0 aliphatic carbocycles. The number of halogens is 1. The second-order valence-corrected chi connectivity index (χ2v) is 6.58. The van der Waals surface area contributed by atoms with Gasteiger partial charge in [0.2, 0.25) is 0 Å². The molecule has 5 heteroatoms. The summed E-state index contributed by atoms with van der Waals surface area (Å²) in [6, 6.07) is 12.2. The van der Waals surface area contributed by atoms with Gasteiger partial charge in [0.25, 0.3) is 0 Å². The number of nitrogens with one attached hydrogen (secondary N) is 1. The number of methoxy groups -OCH3 is 1. The third-order valence-electron chi connectivity index (χ3n) is 3.73. The van der Waals surface area contributed by atoms with E-state index in [9.17, 15) is 0 Å². The van der Waals surface area contributed by atoms with E-state index in [4.69, 9.17) is 14.2 Å². The smallest absolute Gasteiger partial charge is 0.175 e. The Labute approximate surface area is 158 Å². The minimum absolute atomic E-state index is 0.442. The minimum atomic E-state index is 0.442. The number of hydrogen-bond acceptors (Lipinski definition) is 4. The van der Waals surface area contributed by atoms with Gasteiger partial charge in [0.15, 0.2) is 11.5 Å². The quantitative estimate of drug-likeness (QED) is 0.584. The van der Waals surface area contributed by atoms with Gasteiger partial charge in [-0.25, -0.2) is 0 Å². The van der Waals surface area contributed by atoms with Gasteiger partial charge in [-0.3, -0.25) is 0 Å². The molecule has 0 bridgehead atoms. The van der Waals surface area contributed by atoms with Crippen molar-refractivity contribution in [1.82, 2.24) is 5.32 Å². The third kappa shape index (κ3) is 5.94. The Morgan fingerprint density at radius 3 is 2.36 bits per heavy atom.